The molecule has 4 atom stereocenters. The summed E-state index contributed by atoms with van der Waals surface area (Å²) in [5.74, 6) is -2.08. The van der Waals surface area contributed by atoms with Gasteiger partial charge in [-0.15, -0.1) is 0 Å². The number of rotatable bonds is 22. The van der Waals surface area contributed by atoms with Gasteiger partial charge in [-0.05, 0) is 88.3 Å². The van der Waals surface area contributed by atoms with Gasteiger partial charge in [-0.25, -0.2) is 14.4 Å². The predicted octanol–water partition coefficient (Wildman–Crippen LogP) is 6.04. The van der Waals surface area contributed by atoms with Gasteiger partial charge in [0.2, 0.25) is 17.7 Å². The number of unbranched alkanes of at least 4 members (excludes halogenated alkanes) is 1. The van der Waals surface area contributed by atoms with Crippen LogP contribution in [-0.2, 0) is 59.6 Å². The molecule has 15 nitrogen and oxygen atoms in total. The molecule has 4 aromatic carbocycles. The smallest absolute Gasteiger partial charge is 0.408 e. The van der Waals surface area contributed by atoms with Crippen molar-refractivity contribution in [1.29, 1.82) is 0 Å². The zero-order valence-corrected chi connectivity index (χ0v) is 36.5. The first-order valence-electron chi connectivity index (χ1n) is 21.0. The highest BCUT2D eigenvalue weighted by molar-refractivity contribution is 5.94. The van der Waals surface area contributed by atoms with Crippen LogP contribution in [0.3, 0.4) is 0 Å². The maximum absolute atomic E-state index is 13.8. The van der Waals surface area contributed by atoms with Crippen LogP contribution in [0.4, 0.5) is 9.59 Å². The lowest BCUT2D eigenvalue weighted by atomic mass is 10.0. The van der Waals surface area contributed by atoms with Crippen LogP contribution in [-0.4, -0.2) is 72.2 Å². The Balaban J connectivity index is 1.38. The number of hydrogen-bond donors (Lipinski definition) is 5. The predicted molar refractivity (Wildman–Crippen MR) is 236 cm³/mol. The van der Waals surface area contributed by atoms with Gasteiger partial charge in [-0.3, -0.25) is 14.4 Å². The Labute approximate surface area is 369 Å². The minimum Gasteiger partial charge on any atom is -0.489 e. The first kappa shape index (κ1) is 48.8. The highest BCUT2D eigenvalue weighted by atomic mass is 16.6. The number of ether oxygens (including phenoxy) is 4. The standard InChI is InChI=1S/C48H59N5O10/c1-33(50-43(55)40(53-47(59)63-48(3,4)5)23-15-16-28-49-46(58)62-32-38-21-13-8-14-22-38)42(54)52-41(44(56)51-34(2)45(57)61-31-37-19-11-7-12-20-37)29-35-24-26-39(27-25-35)60-30-36-17-9-6-10-18-36/h6-14,17-22,24-27,33-34,40-41H,15-16,23,28-32H2,1-5H3,(H,49,58)(H,50,55)(H,51,56)(H,52,54)(H,53,59)/t33-,34-,40+,41+/m1/s1. The number of nitrogens with one attached hydrogen (secondary N) is 5. The fourth-order valence-corrected chi connectivity index (χ4v) is 5.97. The lowest BCUT2D eigenvalue weighted by Crippen LogP contribution is -2.57. The van der Waals surface area contributed by atoms with Crippen LogP contribution in [0.25, 0.3) is 0 Å². The van der Waals surface area contributed by atoms with Crippen molar-refractivity contribution in [3.05, 3.63) is 138 Å². The first-order chi connectivity index (χ1) is 30.1. The van der Waals surface area contributed by atoms with Crippen molar-refractivity contribution in [3.8, 4) is 5.75 Å². The second kappa shape index (κ2) is 25.1. The molecule has 0 aliphatic carbocycles. The van der Waals surface area contributed by atoms with E-state index in [-0.39, 0.29) is 32.6 Å². The van der Waals surface area contributed by atoms with E-state index in [9.17, 15) is 28.8 Å². The highest BCUT2D eigenvalue weighted by Crippen LogP contribution is 2.16. The van der Waals surface area contributed by atoms with Gasteiger partial charge in [0.05, 0.1) is 0 Å². The Hall–Kier alpha value is -6.90. The van der Waals surface area contributed by atoms with Gasteiger partial charge in [-0.2, -0.15) is 0 Å². The molecular formula is C48H59N5O10. The van der Waals surface area contributed by atoms with E-state index in [0.29, 0.717) is 30.8 Å². The van der Waals surface area contributed by atoms with E-state index in [4.69, 9.17) is 18.9 Å². The second-order valence-electron chi connectivity index (χ2n) is 15.9. The molecule has 0 heterocycles. The van der Waals surface area contributed by atoms with Crippen molar-refractivity contribution >= 4 is 35.9 Å². The zero-order chi connectivity index (χ0) is 45.6. The second-order valence-corrected chi connectivity index (χ2v) is 15.9. The number of carbonyl (C=O) groups is 6. The van der Waals surface area contributed by atoms with Gasteiger partial charge in [0.1, 0.15) is 55.3 Å². The SMILES string of the molecule is C[C@@H](NC(=O)[C@H](CCCCNC(=O)OCc1ccccc1)NC(=O)OC(C)(C)C)C(=O)N[C@@H](Cc1ccc(OCc2ccccc2)cc1)C(=O)N[C@H](C)C(=O)OCc1ccccc1. The molecule has 0 spiro atoms. The molecule has 0 aliphatic rings. The third kappa shape index (κ3) is 18.7. The Morgan fingerprint density at radius 2 is 1.05 bits per heavy atom. The van der Waals surface area contributed by atoms with Gasteiger partial charge < -0.3 is 45.5 Å². The fraction of sp³-hybridized carbons (Fsp3) is 0.375. The van der Waals surface area contributed by atoms with Gasteiger partial charge in [0.25, 0.3) is 0 Å². The normalized spacial score (nSPS) is 12.8. The number of benzene rings is 4. The van der Waals surface area contributed by atoms with E-state index in [1.807, 2.05) is 91.0 Å². The molecule has 0 fully saturated rings. The lowest BCUT2D eigenvalue weighted by Gasteiger charge is -2.25. The van der Waals surface area contributed by atoms with Crippen molar-refractivity contribution < 1.29 is 47.7 Å². The van der Waals surface area contributed by atoms with Crippen molar-refractivity contribution in [2.24, 2.45) is 0 Å². The molecule has 5 amide bonds. The summed E-state index contributed by atoms with van der Waals surface area (Å²) in [7, 11) is 0. The molecule has 4 rings (SSSR count). The van der Waals surface area contributed by atoms with Gasteiger partial charge in [0, 0.05) is 13.0 Å². The van der Waals surface area contributed by atoms with Crippen LogP contribution in [0.5, 0.6) is 5.75 Å². The maximum Gasteiger partial charge on any atom is 0.408 e. The van der Waals surface area contributed by atoms with Crippen LogP contribution in [0.1, 0.15) is 76.1 Å². The molecule has 0 unspecified atom stereocenters. The minimum absolute atomic E-state index is 0.0143. The molecule has 15 heteroatoms. The fourth-order valence-electron chi connectivity index (χ4n) is 5.97. The molecule has 336 valence electrons. The summed E-state index contributed by atoms with van der Waals surface area (Å²) >= 11 is 0. The summed E-state index contributed by atoms with van der Waals surface area (Å²) in [5, 5.41) is 13.3. The van der Waals surface area contributed by atoms with Gasteiger partial charge in [0.15, 0.2) is 0 Å². The summed E-state index contributed by atoms with van der Waals surface area (Å²) in [6, 6.07) is 30.6. The summed E-state index contributed by atoms with van der Waals surface area (Å²) < 4.78 is 21.9. The van der Waals surface area contributed by atoms with Crippen LogP contribution in [0.15, 0.2) is 115 Å². The number of amides is 5. The summed E-state index contributed by atoms with van der Waals surface area (Å²) in [6.45, 7) is 8.73. The van der Waals surface area contributed by atoms with Crippen molar-refractivity contribution in [2.75, 3.05) is 6.54 Å². The maximum atomic E-state index is 13.8. The quantitative estimate of drug-likeness (QED) is 0.0353. The third-order valence-corrected chi connectivity index (χ3v) is 9.34. The topological polar surface area (TPSA) is 199 Å². The zero-order valence-electron chi connectivity index (χ0n) is 36.5. The third-order valence-electron chi connectivity index (χ3n) is 9.34. The Morgan fingerprint density at radius 3 is 1.62 bits per heavy atom. The lowest BCUT2D eigenvalue weighted by molar-refractivity contribution is -0.148. The van der Waals surface area contributed by atoms with E-state index in [1.165, 1.54) is 13.8 Å². The van der Waals surface area contributed by atoms with E-state index in [1.54, 1.807) is 45.0 Å². The molecule has 0 saturated heterocycles. The van der Waals surface area contributed by atoms with Crippen LogP contribution < -0.4 is 31.3 Å². The van der Waals surface area contributed by atoms with E-state index < -0.39 is 65.6 Å². The molecule has 4 aromatic rings. The van der Waals surface area contributed by atoms with Gasteiger partial charge in [-0.1, -0.05) is 103 Å². The van der Waals surface area contributed by atoms with E-state index in [0.717, 1.165) is 16.7 Å². The Bertz CT molecular complexity index is 2060. The molecule has 0 aromatic heterocycles. The number of carbonyl (C=O) groups excluding carboxylic acids is 6. The van der Waals surface area contributed by atoms with E-state index >= 15 is 0 Å². The van der Waals surface area contributed by atoms with E-state index in [2.05, 4.69) is 26.6 Å². The van der Waals surface area contributed by atoms with Crippen LogP contribution >= 0.6 is 0 Å². The van der Waals surface area contributed by atoms with Crippen LogP contribution in [0.2, 0.25) is 0 Å². The number of hydrogen-bond acceptors (Lipinski definition) is 10. The number of esters is 1. The Morgan fingerprint density at radius 1 is 0.524 bits per heavy atom. The first-order valence-corrected chi connectivity index (χ1v) is 21.0. The van der Waals surface area contributed by atoms with Crippen molar-refractivity contribution in [2.45, 2.75) is 110 Å². The Kier molecular flexibility index (Phi) is 19.5. The summed E-state index contributed by atoms with van der Waals surface area (Å²) in [6.07, 6.45) is -0.391. The van der Waals surface area contributed by atoms with Crippen LogP contribution in [0, 0.1) is 0 Å². The molecule has 0 aliphatic heterocycles. The molecule has 0 saturated carbocycles. The highest BCUT2D eigenvalue weighted by Gasteiger charge is 2.30. The average Bonchev–Trinajstić information content (AvgIpc) is 3.26. The average molecular weight is 866 g/mol. The largest absolute Gasteiger partial charge is 0.489 e. The summed E-state index contributed by atoms with van der Waals surface area (Å²) in [5.41, 5.74) is 2.46. The molecule has 0 radical (unpaired) electrons. The number of alkyl carbamates (subject to hydrolysis) is 2. The monoisotopic (exact) mass is 865 g/mol. The summed E-state index contributed by atoms with van der Waals surface area (Å²) in [4.78, 5) is 78.9. The molecule has 63 heavy (non-hydrogen) atoms. The van der Waals surface area contributed by atoms with Crippen molar-refractivity contribution in [3.63, 3.8) is 0 Å². The van der Waals surface area contributed by atoms with Crippen molar-refractivity contribution in [1.82, 2.24) is 26.6 Å². The molecule has 0 bridgehead atoms. The minimum atomic E-state index is -1.18. The van der Waals surface area contributed by atoms with Gasteiger partial charge >= 0.3 is 18.2 Å². The molecular weight excluding hydrogens is 807 g/mol. The molecule has 5 N–H and O–H groups in total.